The van der Waals surface area contributed by atoms with Crippen LogP contribution in [0.15, 0.2) is 0 Å². The van der Waals surface area contributed by atoms with Crippen LogP contribution < -0.4 is 0 Å². The summed E-state index contributed by atoms with van der Waals surface area (Å²) in [5.74, 6) is 0. The monoisotopic (exact) mass is 148 g/mol. The molecule has 0 aliphatic rings. The maximum Gasteiger partial charge on any atom is 0.0436 e. The van der Waals surface area contributed by atoms with Crippen molar-refractivity contribution in [3.05, 3.63) is 0 Å². The Morgan fingerprint density at radius 3 is 1.40 bits per heavy atom. The standard InChI is InChI=1S/C6H14O.C2H6O/c1-6(2,3)4-5-7;1-2-3/h7H,4-5H2,1-3H3;3H,2H2,1H3. The van der Waals surface area contributed by atoms with Gasteiger partial charge in [-0.1, -0.05) is 20.8 Å². The fourth-order valence-electron chi connectivity index (χ4n) is 0.335. The van der Waals surface area contributed by atoms with Crippen LogP contribution >= 0.6 is 0 Å². The summed E-state index contributed by atoms with van der Waals surface area (Å²) in [4.78, 5) is 0. The molecule has 0 aliphatic carbocycles. The first-order chi connectivity index (χ1) is 4.47. The van der Waals surface area contributed by atoms with Gasteiger partial charge in [-0.15, -0.1) is 0 Å². The normalized spacial score (nSPS) is 10.2. The molecule has 0 atom stereocenters. The van der Waals surface area contributed by atoms with Crippen LogP contribution in [0, 0.1) is 5.41 Å². The van der Waals surface area contributed by atoms with Gasteiger partial charge >= 0.3 is 0 Å². The molecule has 10 heavy (non-hydrogen) atoms. The summed E-state index contributed by atoms with van der Waals surface area (Å²) < 4.78 is 0. The van der Waals surface area contributed by atoms with E-state index in [0.29, 0.717) is 12.0 Å². The molecule has 0 aromatic rings. The molecule has 0 heterocycles. The Hall–Kier alpha value is -0.0800. The Labute approximate surface area is 63.9 Å². The summed E-state index contributed by atoms with van der Waals surface area (Å²) in [7, 11) is 0. The van der Waals surface area contributed by atoms with Crippen LogP contribution in [-0.4, -0.2) is 23.4 Å². The minimum Gasteiger partial charge on any atom is -0.397 e. The largest absolute Gasteiger partial charge is 0.397 e. The van der Waals surface area contributed by atoms with E-state index in [0.717, 1.165) is 6.42 Å². The van der Waals surface area contributed by atoms with Crippen LogP contribution in [0.1, 0.15) is 34.1 Å². The van der Waals surface area contributed by atoms with Crippen molar-refractivity contribution in [1.29, 1.82) is 0 Å². The lowest BCUT2D eigenvalue weighted by Gasteiger charge is -2.14. The van der Waals surface area contributed by atoms with E-state index in [4.69, 9.17) is 10.2 Å². The van der Waals surface area contributed by atoms with Gasteiger partial charge in [0.2, 0.25) is 0 Å². The number of hydrogen-bond donors (Lipinski definition) is 2. The molecule has 2 heteroatoms. The summed E-state index contributed by atoms with van der Waals surface area (Å²) in [6.45, 7) is 8.58. The smallest absolute Gasteiger partial charge is 0.0436 e. The quantitative estimate of drug-likeness (QED) is 0.590. The molecular weight excluding hydrogens is 128 g/mol. The highest BCUT2D eigenvalue weighted by atomic mass is 16.3. The summed E-state index contributed by atoms with van der Waals surface area (Å²) in [6, 6.07) is 0. The fourth-order valence-corrected chi connectivity index (χ4v) is 0.335. The Bertz CT molecular complexity index is 54.8. The Morgan fingerprint density at radius 1 is 1.10 bits per heavy atom. The van der Waals surface area contributed by atoms with Crippen molar-refractivity contribution < 1.29 is 10.2 Å². The number of aliphatic hydroxyl groups is 2. The van der Waals surface area contributed by atoms with Gasteiger partial charge in [-0.25, -0.2) is 0 Å². The molecule has 0 saturated heterocycles. The first-order valence-electron chi connectivity index (χ1n) is 3.69. The molecule has 0 spiro atoms. The highest BCUT2D eigenvalue weighted by molar-refractivity contribution is 4.58. The van der Waals surface area contributed by atoms with Crippen molar-refractivity contribution >= 4 is 0 Å². The van der Waals surface area contributed by atoms with E-state index in [1.165, 1.54) is 0 Å². The SMILES string of the molecule is CC(C)(C)CCO.CCO. The molecule has 0 rings (SSSR count). The minimum atomic E-state index is 0.250. The predicted octanol–water partition coefficient (Wildman–Crippen LogP) is 1.41. The van der Waals surface area contributed by atoms with Gasteiger partial charge in [-0.3, -0.25) is 0 Å². The van der Waals surface area contributed by atoms with E-state index in [9.17, 15) is 0 Å². The van der Waals surface area contributed by atoms with Gasteiger partial charge in [0, 0.05) is 13.2 Å². The molecule has 64 valence electrons. The summed E-state index contributed by atoms with van der Waals surface area (Å²) in [5.41, 5.74) is 0.300. The molecular formula is C8H20O2. The molecule has 0 radical (unpaired) electrons. The molecule has 0 aromatic carbocycles. The zero-order valence-electron chi connectivity index (χ0n) is 7.52. The molecule has 2 N–H and O–H groups in total. The third-order valence-electron chi connectivity index (χ3n) is 0.862. The van der Waals surface area contributed by atoms with Gasteiger partial charge in [0.15, 0.2) is 0 Å². The van der Waals surface area contributed by atoms with E-state index < -0.39 is 0 Å². The van der Waals surface area contributed by atoms with Crippen molar-refractivity contribution in [3.8, 4) is 0 Å². The summed E-state index contributed by atoms with van der Waals surface area (Å²) in [5, 5.41) is 16.0. The van der Waals surface area contributed by atoms with E-state index in [2.05, 4.69) is 20.8 Å². The van der Waals surface area contributed by atoms with E-state index in [1.807, 2.05) is 0 Å². The van der Waals surface area contributed by atoms with Crippen LogP contribution in [0.3, 0.4) is 0 Å². The van der Waals surface area contributed by atoms with Gasteiger partial charge in [-0.05, 0) is 18.8 Å². The zero-order chi connectivity index (χ0) is 8.62. The maximum atomic E-state index is 8.40. The van der Waals surface area contributed by atoms with Gasteiger partial charge in [0.1, 0.15) is 0 Å². The molecule has 0 aliphatic heterocycles. The first kappa shape index (κ1) is 12.6. The van der Waals surface area contributed by atoms with Crippen molar-refractivity contribution in [2.24, 2.45) is 5.41 Å². The molecule has 0 aromatic heterocycles. The van der Waals surface area contributed by atoms with Crippen LogP contribution in [-0.2, 0) is 0 Å². The van der Waals surface area contributed by atoms with Gasteiger partial charge in [0.05, 0.1) is 0 Å². The minimum absolute atomic E-state index is 0.250. The van der Waals surface area contributed by atoms with Crippen molar-refractivity contribution in [2.45, 2.75) is 34.1 Å². The lowest BCUT2D eigenvalue weighted by atomic mass is 9.93. The second-order valence-electron chi connectivity index (χ2n) is 3.35. The molecule has 0 bridgehead atoms. The van der Waals surface area contributed by atoms with E-state index >= 15 is 0 Å². The second kappa shape index (κ2) is 7.03. The third-order valence-corrected chi connectivity index (χ3v) is 0.862. The third kappa shape index (κ3) is 24.7. The number of aliphatic hydroxyl groups excluding tert-OH is 2. The molecule has 0 unspecified atom stereocenters. The Kier molecular flexibility index (Phi) is 8.85. The van der Waals surface area contributed by atoms with Gasteiger partial charge in [-0.2, -0.15) is 0 Å². The highest BCUT2D eigenvalue weighted by Gasteiger charge is 2.06. The number of hydrogen-bond acceptors (Lipinski definition) is 2. The van der Waals surface area contributed by atoms with Crippen molar-refractivity contribution in [1.82, 2.24) is 0 Å². The molecule has 0 saturated carbocycles. The first-order valence-corrected chi connectivity index (χ1v) is 3.69. The average molecular weight is 148 g/mol. The van der Waals surface area contributed by atoms with Gasteiger partial charge < -0.3 is 10.2 Å². The van der Waals surface area contributed by atoms with Gasteiger partial charge in [0.25, 0.3) is 0 Å². The molecule has 0 fully saturated rings. The van der Waals surface area contributed by atoms with E-state index in [-0.39, 0.29) is 6.61 Å². The summed E-state index contributed by atoms with van der Waals surface area (Å²) in [6.07, 6.45) is 0.896. The highest BCUT2D eigenvalue weighted by Crippen LogP contribution is 2.16. The zero-order valence-corrected chi connectivity index (χ0v) is 7.52. The van der Waals surface area contributed by atoms with Crippen LogP contribution in [0.5, 0.6) is 0 Å². The predicted molar refractivity (Wildman–Crippen MR) is 43.9 cm³/mol. The Morgan fingerprint density at radius 2 is 1.40 bits per heavy atom. The van der Waals surface area contributed by atoms with Crippen LogP contribution in [0.2, 0.25) is 0 Å². The average Bonchev–Trinajstić information content (AvgIpc) is 1.63. The molecule has 2 nitrogen and oxygen atoms in total. The Balaban J connectivity index is 0. The lowest BCUT2D eigenvalue weighted by Crippen LogP contribution is -2.06. The number of rotatable bonds is 1. The van der Waals surface area contributed by atoms with Crippen molar-refractivity contribution in [2.75, 3.05) is 13.2 Å². The van der Waals surface area contributed by atoms with Crippen molar-refractivity contribution in [3.63, 3.8) is 0 Å². The molecule has 0 amide bonds. The van der Waals surface area contributed by atoms with Crippen LogP contribution in [0.4, 0.5) is 0 Å². The topological polar surface area (TPSA) is 40.5 Å². The second-order valence-corrected chi connectivity index (χ2v) is 3.35. The van der Waals surface area contributed by atoms with E-state index in [1.54, 1.807) is 6.92 Å². The fraction of sp³-hybridized carbons (Fsp3) is 1.00. The maximum absolute atomic E-state index is 8.40. The summed E-state index contributed by atoms with van der Waals surface area (Å²) >= 11 is 0. The lowest BCUT2D eigenvalue weighted by molar-refractivity contribution is 0.225. The van der Waals surface area contributed by atoms with Crippen LogP contribution in [0.25, 0.3) is 0 Å².